The number of ether oxygens (including phenoxy) is 1. The summed E-state index contributed by atoms with van der Waals surface area (Å²) in [5.41, 5.74) is 4.07. The van der Waals surface area contributed by atoms with Gasteiger partial charge in [0.25, 0.3) is 0 Å². The van der Waals surface area contributed by atoms with Crippen molar-refractivity contribution >= 4 is 51.3 Å². The first-order valence-corrected chi connectivity index (χ1v) is 12.0. The van der Waals surface area contributed by atoms with E-state index in [4.69, 9.17) is 14.3 Å². The Hall–Kier alpha value is -2.85. The van der Waals surface area contributed by atoms with Crippen LogP contribution in [0, 0.1) is 10.7 Å². The molecule has 2 aromatic carbocycles. The monoisotopic (exact) mass is 556 g/mol. The minimum absolute atomic E-state index is 0.104. The maximum absolute atomic E-state index is 12.7. The predicted octanol–water partition coefficient (Wildman–Crippen LogP) is 4.96. The van der Waals surface area contributed by atoms with E-state index >= 15 is 0 Å². The summed E-state index contributed by atoms with van der Waals surface area (Å²) in [5.74, 6) is 0.997. The zero-order chi connectivity index (χ0) is 22.9. The molecular weight excluding hydrogens is 531 g/mol. The summed E-state index contributed by atoms with van der Waals surface area (Å²) in [5, 5.41) is 6.62. The molecule has 8 heteroatoms. The summed E-state index contributed by atoms with van der Waals surface area (Å²) in [4.78, 5) is 17.0. The molecule has 33 heavy (non-hydrogen) atoms. The minimum Gasteiger partial charge on any atom is -0.451 e. The standard InChI is InChI=1S/C25H25IN4O3/c1-17-3-5-21(6-4-17)30-25(22-11-12-23(26)33-22)29(24(27-30)18(2)31)20-9-7-19(8-10-20)28-13-15-32-16-14-28/h3-12,25H,13-16H2,1-2H3/t25-/m0/s1. The van der Waals surface area contributed by atoms with Gasteiger partial charge in [-0.15, -0.1) is 5.10 Å². The van der Waals surface area contributed by atoms with Crippen LogP contribution in [0.3, 0.4) is 0 Å². The number of Topliss-reactive ketones (excluding diaryl/α,β-unsaturated/α-hetero) is 1. The van der Waals surface area contributed by atoms with Crippen molar-refractivity contribution in [1.29, 1.82) is 0 Å². The van der Waals surface area contributed by atoms with Crippen molar-refractivity contribution in [1.82, 2.24) is 0 Å². The summed E-state index contributed by atoms with van der Waals surface area (Å²) in [6.07, 6.45) is -0.413. The van der Waals surface area contributed by atoms with Gasteiger partial charge in [0.15, 0.2) is 27.3 Å². The molecule has 0 saturated carbocycles. The molecular formula is C25H25IN4O3. The molecule has 2 aliphatic rings. The van der Waals surface area contributed by atoms with Crippen molar-refractivity contribution < 1.29 is 13.9 Å². The van der Waals surface area contributed by atoms with Gasteiger partial charge in [0.1, 0.15) is 0 Å². The number of ketones is 1. The molecule has 2 aliphatic heterocycles. The highest BCUT2D eigenvalue weighted by Crippen LogP contribution is 2.40. The highest BCUT2D eigenvalue weighted by Gasteiger charge is 2.41. The topological polar surface area (TPSA) is 61.5 Å². The van der Waals surface area contributed by atoms with E-state index in [9.17, 15) is 4.79 Å². The number of hydrogen-bond acceptors (Lipinski definition) is 7. The van der Waals surface area contributed by atoms with Gasteiger partial charge in [-0.25, -0.2) is 5.01 Å². The van der Waals surface area contributed by atoms with Crippen molar-refractivity contribution in [3.05, 3.63) is 75.8 Å². The van der Waals surface area contributed by atoms with E-state index in [0.29, 0.717) is 5.84 Å². The number of halogens is 1. The SMILES string of the molecule is CC(=O)C1=NN(c2ccc(C)cc2)[C@@H](c2ccc(I)o2)N1c1ccc(N2CCOCC2)cc1. The molecule has 1 saturated heterocycles. The van der Waals surface area contributed by atoms with Crippen molar-refractivity contribution in [3.8, 4) is 0 Å². The lowest BCUT2D eigenvalue weighted by atomic mass is 10.1. The fraction of sp³-hybridized carbons (Fsp3) is 0.280. The van der Waals surface area contributed by atoms with Gasteiger partial charge in [-0.3, -0.25) is 9.69 Å². The van der Waals surface area contributed by atoms with Crippen molar-refractivity contribution in [2.45, 2.75) is 20.0 Å². The number of nitrogens with zero attached hydrogens (tertiary/aromatic N) is 4. The summed E-state index contributed by atoms with van der Waals surface area (Å²) in [6.45, 7) is 6.82. The number of morpholine rings is 1. The molecule has 0 bridgehead atoms. The van der Waals surface area contributed by atoms with Crippen LogP contribution in [0.15, 0.2) is 70.2 Å². The second kappa shape index (κ2) is 9.18. The van der Waals surface area contributed by atoms with Gasteiger partial charge in [0.05, 0.1) is 18.9 Å². The Morgan fingerprint density at radius 1 is 0.939 bits per heavy atom. The third-order valence-corrected chi connectivity index (χ3v) is 6.45. The van der Waals surface area contributed by atoms with Gasteiger partial charge in [-0.05, 0) is 78.0 Å². The fourth-order valence-electron chi connectivity index (χ4n) is 4.19. The van der Waals surface area contributed by atoms with Crippen LogP contribution in [-0.4, -0.2) is 37.9 Å². The van der Waals surface area contributed by atoms with Crippen LogP contribution in [0.4, 0.5) is 17.1 Å². The lowest BCUT2D eigenvalue weighted by Gasteiger charge is -2.31. The Morgan fingerprint density at radius 2 is 1.58 bits per heavy atom. The van der Waals surface area contributed by atoms with Crippen LogP contribution in [0.2, 0.25) is 0 Å². The molecule has 0 N–H and O–H groups in total. The Labute approximate surface area is 206 Å². The number of hydrazone groups is 1. The number of carbonyl (C=O) groups is 1. The van der Waals surface area contributed by atoms with Gasteiger partial charge in [-0.1, -0.05) is 17.7 Å². The zero-order valence-electron chi connectivity index (χ0n) is 18.6. The molecule has 0 radical (unpaired) electrons. The molecule has 0 unspecified atom stereocenters. The van der Waals surface area contributed by atoms with Crippen molar-refractivity contribution in [2.75, 3.05) is 41.1 Å². The van der Waals surface area contributed by atoms with E-state index in [2.05, 4.69) is 39.6 Å². The number of hydrogen-bond donors (Lipinski definition) is 0. The van der Waals surface area contributed by atoms with E-state index in [-0.39, 0.29) is 5.78 Å². The number of benzene rings is 2. The maximum Gasteiger partial charge on any atom is 0.198 e. The molecule has 3 aromatic rings. The highest BCUT2D eigenvalue weighted by molar-refractivity contribution is 14.1. The molecule has 1 atom stereocenters. The van der Waals surface area contributed by atoms with Gasteiger partial charge in [-0.2, -0.15) is 0 Å². The predicted molar refractivity (Wildman–Crippen MR) is 138 cm³/mol. The smallest absolute Gasteiger partial charge is 0.198 e. The average Bonchev–Trinajstić information content (AvgIpc) is 3.44. The summed E-state index contributed by atoms with van der Waals surface area (Å²) in [6, 6.07) is 20.3. The van der Waals surface area contributed by atoms with Crippen molar-refractivity contribution in [3.63, 3.8) is 0 Å². The van der Waals surface area contributed by atoms with Crippen molar-refractivity contribution in [2.24, 2.45) is 5.10 Å². The first-order chi connectivity index (χ1) is 16.0. The summed E-state index contributed by atoms with van der Waals surface area (Å²) >= 11 is 2.16. The molecule has 0 aliphatic carbocycles. The minimum atomic E-state index is -0.413. The second-order valence-corrected chi connectivity index (χ2v) is 9.22. The van der Waals surface area contributed by atoms with Crippen LogP contribution in [0.1, 0.15) is 24.4 Å². The van der Waals surface area contributed by atoms with Crippen LogP contribution >= 0.6 is 22.6 Å². The number of rotatable bonds is 5. The van der Waals surface area contributed by atoms with Gasteiger partial charge >= 0.3 is 0 Å². The molecule has 7 nitrogen and oxygen atoms in total. The molecule has 1 aromatic heterocycles. The third-order valence-electron chi connectivity index (χ3n) is 5.87. The Balaban J connectivity index is 1.56. The van der Waals surface area contributed by atoms with E-state index < -0.39 is 6.17 Å². The molecule has 0 amide bonds. The van der Waals surface area contributed by atoms with Crippen LogP contribution < -0.4 is 14.8 Å². The molecule has 1 fully saturated rings. The van der Waals surface area contributed by atoms with Crippen LogP contribution in [0.5, 0.6) is 0 Å². The van der Waals surface area contributed by atoms with E-state index in [1.54, 1.807) is 6.92 Å². The maximum atomic E-state index is 12.7. The van der Waals surface area contributed by atoms with Gasteiger partial charge in [0.2, 0.25) is 0 Å². The lowest BCUT2D eigenvalue weighted by molar-refractivity contribution is -0.111. The van der Waals surface area contributed by atoms with E-state index in [0.717, 1.165) is 58.5 Å². The first-order valence-electron chi connectivity index (χ1n) is 10.9. The quantitative estimate of drug-likeness (QED) is 0.415. The second-order valence-electron chi connectivity index (χ2n) is 8.16. The Bertz CT molecular complexity index is 1170. The van der Waals surface area contributed by atoms with Gasteiger partial charge < -0.3 is 14.1 Å². The third kappa shape index (κ3) is 4.37. The van der Waals surface area contributed by atoms with E-state index in [1.165, 1.54) is 0 Å². The highest BCUT2D eigenvalue weighted by atomic mass is 127. The number of aryl methyl sites for hydroxylation is 1. The Kier molecular flexibility index (Phi) is 6.11. The fourth-order valence-corrected chi connectivity index (χ4v) is 4.62. The number of furan rings is 1. The molecule has 3 heterocycles. The molecule has 5 rings (SSSR count). The van der Waals surface area contributed by atoms with E-state index in [1.807, 2.05) is 65.4 Å². The number of carbonyl (C=O) groups excluding carboxylic acids is 1. The van der Waals surface area contributed by atoms with Gasteiger partial charge in [0, 0.05) is 31.4 Å². The summed E-state index contributed by atoms with van der Waals surface area (Å²) < 4.78 is 12.3. The lowest BCUT2D eigenvalue weighted by Crippen LogP contribution is -2.38. The Morgan fingerprint density at radius 3 is 2.18 bits per heavy atom. The number of anilines is 3. The normalized spacial score (nSPS) is 18.6. The molecule has 0 spiro atoms. The molecule has 170 valence electrons. The summed E-state index contributed by atoms with van der Waals surface area (Å²) in [7, 11) is 0. The first kappa shape index (κ1) is 22.0. The number of amidine groups is 1. The zero-order valence-corrected chi connectivity index (χ0v) is 20.7. The average molecular weight is 556 g/mol. The largest absolute Gasteiger partial charge is 0.451 e. The van der Waals surface area contributed by atoms with Crippen LogP contribution in [-0.2, 0) is 9.53 Å². The van der Waals surface area contributed by atoms with Crippen LogP contribution in [0.25, 0.3) is 0 Å².